The lowest BCUT2D eigenvalue weighted by molar-refractivity contribution is 0.0591. The van der Waals surface area contributed by atoms with E-state index in [1.165, 1.54) is 14.0 Å². The first kappa shape index (κ1) is 15.8. The maximum atomic E-state index is 11.5. The average molecular weight is 304 g/mol. The molecular weight excluding hydrogens is 288 g/mol. The number of esters is 1. The number of anilines is 1. The number of methoxy groups -OCH3 is 1. The number of hydrogen-bond donors (Lipinski definition) is 1. The van der Waals surface area contributed by atoms with Gasteiger partial charge in [-0.1, -0.05) is 11.3 Å². The molecule has 1 unspecified atom stereocenters. The predicted octanol–water partition coefficient (Wildman–Crippen LogP) is 1.31. The molecule has 0 bridgehead atoms. The average Bonchev–Trinajstić information content (AvgIpc) is 2.77. The quantitative estimate of drug-likeness (QED) is 0.464. The van der Waals surface area contributed by atoms with Crippen LogP contribution < -0.4 is 5.32 Å². The first-order chi connectivity index (χ1) is 8.95. The highest BCUT2D eigenvalue weighted by Gasteiger charge is 2.21. The van der Waals surface area contributed by atoms with E-state index in [2.05, 4.69) is 15.0 Å². The van der Waals surface area contributed by atoms with Gasteiger partial charge in [-0.05, 0) is 6.42 Å². The lowest BCUT2D eigenvalue weighted by atomic mass is 10.3. The second-order valence-electron chi connectivity index (χ2n) is 3.80. The highest BCUT2D eigenvalue weighted by Crippen LogP contribution is 2.24. The first-order valence-electron chi connectivity index (χ1n) is 5.59. The molecule has 0 saturated heterocycles. The summed E-state index contributed by atoms with van der Waals surface area (Å²) in [5.41, 5.74) is 0.0431. The number of rotatable bonds is 7. The highest BCUT2D eigenvalue weighted by atomic mass is 32.2. The molecule has 0 aliphatic heterocycles. The number of ether oxygens (including phenoxy) is 1. The molecular formula is C11H16N2O4S2. The van der Waals surface area contributed by atoms with Crippen molar-refractivity contribution in [3.8, 4) is 0 Å². The van der Waals surface area contributed by atoms with Crippen LogP contribution in [0.1, 0.15) is 33.5 Å². The third-order valence-electron chi connectivity index (χ3n) is 2.21. The van der Waals surface area contributed by atoms with Crippen molar-refractivity contribution in [1.29, 1.82) is 0 Å². The standard InChI is InChI=1S/C11H16N2O4S2/c1-7(14)9-8(10(15)17-2)13-11(18-9)12-5-4-6-19(3)16/h4-6H2,1-3H3,(H,12,13). The van der Waals surface area contributed by atoms with Gasteiger partial charge in [-0.15, -0.1) is 0 Å². The summed E-state index contributed by atoms with van der Waals surface area (Å²) in [6.45, 7) is 1.97. The van der Waals surface area contributed by atoms with Crippen LogP contribution in [0.4, 0.5) is 5.13 Å². The van der Waals surface area contributed by atoms with Gasteiger partial charge in [0.2, 0.25) is 0 Å². The number of carbonyl (C=O) groups excluding carboxylic acids is 2. The second-order valence-corrected chi connectivity index (χ2v) is 6.36. The van der Waals surface area contributed by atoms with E-state index < -0.39 is 16.8 Å². The van der Waals surface area contributed by atoms with E-state index in [0.29, 0.717) is 17.4 Å². The van der Waals surface area contributed by atoms with Crippen LogP contribution in [0.2, 0.25) is 0 Å². The van der Waals surface area contributed by atoms with Crippen LogP contribution in [-0.2, 0) is 15.5 Å². The van der Waals surface area contributed by atoms with Crippen LogP contribution in [0.15, 0.2) is 0 Å². The molecule has 0 amide bonds. The van der Waals surface area contributed by atoms with Gasteiger partial charge in [0, 0.05) is 36.3 Å². The fourth-order valence-electron chi connectivity index (χ4n) is 1.34. The summed E-state index contributed by atoms with van der Waals surface area (Å²) >= 11 is 1.12. The molecule has 1 atom stereocenters. The monoisotopic (exact) mass is 304 g/mol. The maximum Gasteiger partial charge on any atom is 0.358 e. The lowest BCUT2D eigenvalue weighted by Crippen LogP contribution is -2.08. The summed E-state index contributed by atoms with van der Waals surface area (Å²) in [7, 11) is 0.421. The molecule has 6 nitrogen and oxygen atoms in total. The Kier molecular flexibility index (Phi) is 6.10. The van der Waals surface area contributed by atoms with Crippen molar-refractivity contribution in [1.82, 2.24) is 4.98 Å². The van der Waals surface area contributed by atoms with E-state index in [1.54, 1.807) is 6.26 Å². The number of Topliss-reactive ketones (excluding diaryl/α,β-unsaturated/α-hetero) is 1. The van der Waals surface area contributed by atoms with Gasteiger partial charge >= 0.3 is 5.97 Å². The van der Waals surface area contributed by atoms with Crippen molar-refractivity contribution in [2.24, 2.45) is 0 Å². The van der Waals surface area contributed by atoms with E-state index in [9.17, 15) is 13.8 Å². The fourth-order valence-corrected chi connectivity index (χ4v) is 2.76. The number of thiazole rings is 1. The van der Waals surface area contributed by atoms with Gasteiger partial charge in [0.15, 0.2) is 16.6 Å². The molecule has 0 aliphatic rings. The van der Waals surface area contributed by atoms with Crippen molar-refractivity contribution >= 4 is 39.0 Å². The molecule has 1 heterocycles. The van der Waals surface area contributed by atoms with Gasteiger partial charge in [-0.3, -0.25) is 9.00 Å². The zero-order chi connectivity index (χ0) is 14.4. The Hall–Kier alpha value is -1.28. The molecule has 1 rings (SSSR count). The third kappa shape index (κ3) is 4.71. The molecule has 106 valence electrons. The van der Waals surface area contributed by atoms with Crippen molar-refractivity contribution in [2.75, 3.05) is 31.0 Å². The summed E-state index contributed by atoms with van der Waals surface area (Å²) in [6, 6.07) is 0. The van der Waals surface area contributed by atoms with Crippen LogP contribution in [0.5, 0.6) is 0 Å². The summed E-state index contributed by atoms with van der Waals surface area (Å²) in [6.07, 6.45) is 2.37. The molecule has 19 heavy (non-hydrogen) atoms. The van der Waals surface area contributed by atoms with E-state index in [0.717, 1.165) is 17.8 Å². The minimum absolute atomic E-state index is 0.0431. The number of carbonyl (C=O) groups is 2. The molecule has 0 spiro atoms. The minimum Gasteiger partial charge on any atom is -0.464 e. The predicted molar refractivity (Wildman–Crippen MR) is 75.5 cm³/mol. The van der Waals surface area contributed by atoms with Crippen LogP contribution in [0.3, 0.4) is 0 Å². The first-order valence-corrected chi connectivity index (χ1v) is 8.14. The number of aromatic nitrogens is 1. The SMILES string of the molecule is COC(=O)c1nc(NCCCS(C)=O)sc1C(C)=O. The lowest BCUT2D eigenvalue weighted by Gasteiger charge is -2.00. The maximum absolute atomic E-state index is 11.5. The molecule has 1 N–H and O–H groups in total. The topological polar surface area (TPSA) is 85.4 Å². The number of ketones is 1. The van der Waals surface area contributed by atoms with Crippen molar-refractivity contribution in [3.63, 3.8) is 0 Å². The normalized spacial score (nSPS) is 11.9. The van der Waals surface area contributed by atoms with Crippen LogP contribution >= 0.6 is 11.3 Å². The number of nitrogens with one attached hydrogen (secondary N) is 1. The zero-order valence-corrected chi connectivity index (χ0v) is 12.7. The number of nitrogens with zero attached hydrogens (tertiary/aromatic N) is 1. The van der Waals surface area contributed by atoms with Gasteiger partial charge in [0.25, 0.3) is 0 Å². The molecule has 8 heteroatoms. The minimum atomic E-state index is -0.824. The van der Waals surface area contributed by atoms with Crippen LogP contribution in [0, 0.1) is 0 Å². The molecule has 0 fully saturated rings. The Labute approximate surface area is 118 Å². The summed E-state index contributed by atoms with van der Waals surface area (Å²) < 4.78 is 15.5. The summed E-state index contributed by atoms with van der Waals surface area (Å²) in [5.74, 6) is -0.244. The van der Waals surface area contributed by atoms with Gasteiger partial charge in [-0.2, -0.15) is 0 Å². The molecule has 0 saturated carbocycles. The van der Waals surface area contributed by atoms with E-state index in [-0.39, 0.29) is 16.4 Å². The van der Waals surface area contributed by atoms with Gasteiger partial charge in [0.1, 0.15) is 4.88 Å². The Bertz CT molecular complexity index is 499. The molecule has 0 radical (unpaired) electrons. The third-order valence-corrected chi connectivity index (χ3v) is 4.19. The summed E-state index contributed by atoms with van der Waals surface area (Å²) in [4.78, 5) is 27.2. The Morgan fingerprint density at radius 2 is 2.16 bits per heavy atom. The Morgan fingerprint density at radius 3 is 2.68 bits per heavy atom. The molecule has 0 aliphatic carbocycles. The largest absolute Gasteiger partial charge is 0.464 e. The van der Waals surface area contributed by atoms with E-state index in [4.69, 9.17) is 0 Å². The van der Waals surface area contributed by atoms with Crippen LogP contribution in [-0.4, -0.2) is 46.6 Å². The van der Waals surface area contributed by atoms with Gasteiger partial charge in [0.05, 0.1) is 7.11 Å². The highest BCUT2D eigenvalue weighted by molar-refractivity contribution is 7.84. The molecule has 1 aromatic rings. The molecule has 0 aromatic carbocycles. The fraction of sp³-hybridized carbons (Fsp3) is 0.545. The van der Waals surface area contributed by atoms with Crippen molar-refractivity contribution in [2.45, 2.75) is 13.3 Å². The molecule has 1 aromatic heterocycles. The Balaban J connectivity index is 2.72. The smallest absolute Gasteiger partial charge is 0.358 e. The van der Waals surface area contributed by atoms with E-state index >= 15 is 0 Å². The van der Waals surface area contributed by atoms with Crippen molar-refractivity contribution < 1.29 is 18.5 Å². The van der Waals surface area contributed by atoms with Gasteiger partial charge < -0.3 is 10.1 Å². The zero-order valence-electron chi connectivity index (χ0n) is 11.0. The number of hydrogen-bond acceptors (Lipinski definition) is 7. The summed E-state index contributed by atoms with van der Waals surface area (Å²) in [5, 5.41) is 3.50. The van der Waals surface area contributed by atoms with Gasteiger partial charge in [-0.25, -0.2) is 9.78 Å². The second kappa shape index (κ2) is 7.34. The van der Waals surface area contributed by atoms with Crippen LogP contribution in [0.25, 0.3) is 0 Å². The van der Waals surface area contributed by atoms with Crippen molar-refractivity contribution in [3.05, 3.63) is 10.6 Å². The Morgan fingerprint density at radius 1 is 1.47 bits per heavy atom. The van der Waals surface area contributed by atoms with E-state index in [1.807, 2.05) is 0 Å².